The molecule has 8 nitrogen and oxygen atoms in total. The SMILES string of the molecule is CC.CC.CC1CCCCC1.CCOC.NCCCC[C@H](NC(=O)CNC=O)C(=O)O. The quantitative estimate of drug-likeness (QED) is 0.297. The maximum Gasteiger partial charge on any atom is 0.326 e. The molecule has 0 bridgehead atoms. The van der Waals surface area contributed by atoms with Gasteiger partial charge in [-0.15, -0.1) is 0 Å². The molecule has 5 N–H and O–H groups in total. The minimum atomic E-state index is -1.09. The molecule has 0 aromatic rings. The van der Waals surface area contributed by atoms with Crippen molar-refractivity contribution in [2.45, 2.75) is 99.0 Å². The van der Waals surface area contributed by atoms with Gasteiger partial charge in [-0.2, -0.15) is 0 Å². The summed E-state index contributed by atoms with van der Waals surface area (Å²) in [6.07, 6.45) is 9.50. The Balaban J connectivity index is -0.000000199. The monoisotopic (exact) mass is 449 g/mol. The lowest BCUT2D eigenvalue weighted by Gasteiger charge is -2.15. The number of unbranched alkanes of at least 4 members (excludes halogenated alkanes) is 1. The van der Waals surface area contributed by atoms with Gasteiger partial charge in [-0.1, -0.05) is 66.7 Å². The zero-order valence-electron chi connectivity index (χ0n) is 21.2. The standard InChI is InChI=1S/C9H17N3O4.C7H14.C3H8O.2C2H6/c10-4-2-1-3-7(9(15)16)12-8(14)5-11-6-13;1-7-5-3-2-4-6-7;1-3-4-2;2*1-2/h6-7H,1-5,10H2,(H,11,13)(H,12,14)(H,15,16);7H,2-6H2,1H3;3H2,1-2H3;2*1-2H3/t7-;;;;/m0..../s1. The molecule has 0 unspecified atom stereocenters. The first-order valence-electron chi connectivity index (χ1n) is 11.8. The number of aliphatic carboxylic acids is 1. The molecule has 1 aliphatic carbocycles. The minimum Gasteiger partial charge on any atom is -0.480 e. The Kier molecular flexibility index (Phi) is 39.0. The fourth-order valence-corrected chi connectivity index (χ4v) is 2.44. The molecule has 0 aromatic heterocycles. The van der Waals surface area contributed by atoms with Crippen LogP contribution in [0.5, 0.6) is 0 Å². The molecule has 1 rings (SSSR count). The third-order valence-corrected chi connectivity index (χ3v) is 4.11. The van der Waals surface area contributed by atoms with Crippen LogP contribution in [0.3, 0.4) is 0 Å². The fourth-order valence-electron chi connectivity index (χ4n) is 2.44. The highest BCUT2D eigenvalue weighted by atomic mass is 16.5. The molecule has 0 heterocycles. The maximum atomic E-state index is 11.1. The van der Waals surface area contributed by atoms with E-state index in [1.54, 1.807) is 7.11 Å². The van der Waals surface area contributed by atoms with Crippen molar-refractivity contribution in [2.75, 3.05) is 26.8 Å². The summed E-state index contributed by atoms with van der Waals surface area (Å²) in [4.78, 5) is 31.8. The molecular formula is C23H51N3O5. The summed E-state index contributed by atoms with van der Waals surface area (Å²) in [5, 5.41) is 13.3. The van der Waals surface area contributed by atoms with Crippen LogP contribution in [0.4, 0.5) is 0 Å². The summed E-state index contributed by atoms with van der Waals surface area (Å²) in [7, 11) is 1.68. The molecule has 0 aromatic carbocycles. The number of methoxy groups -OCH3 is 1. The van der Waals surface area contributed by atoms with Gasteiger partial charge in [0.1, 0.15) is 6.04 Å². The number of carbonyl (C=O) groups is 3. The van der Waals surface area contributed by atoms with Gasteiger partial charge < -0.3 is 26.2 Å². The second-order valence-electron chi connectivity index (χ2n) is 6.56. The number of hydrogen-bond donors (Lipinski definition) is 4. The topological polar surface area (TPSA) is 131 Å². The lowest BCUT2D eigenvalue weighted by molar-refractivity contribution is -0.141. The van der Waals surface area contributed by atoms with E-state index in [2.05, 4.69) is 22.3 Å². The Morgan fingerprint density at radius 3 is 1.97 bits per heavy atom. The average molecular weight is 450 g/mol. The van der Waals surface area contributed by atoms with Crippen LogP contribution in [-0.4, -0.2) is 56.2 Å². The van der Waals surface area contributed by atoms with Gasteiger partial charge in [0.05, 0.1) is 6.54 Å². The highest BCUT2D eigenvalue weighted by molar-refractivity contribution is 5.85. The zero-order chi connectivity index (χ0) is 24.9. The first-order valence-corrected chi connectivity index (χ1v) is 11.8. The maximum absolute atomic E-state index is 11.1. The van der Waals surface area contributed by atoms with Crippen molar-refractivity contribution in [1.29, 1.82) is 0 Å². The van der Waals surface area contributed by atoms with Gasteiger partial charge in [-0.25, -0.2) is 4.79 Å². The predicted octanol–water partition coefficient (Wildman–Crippen LogP) is 3.72. The van der Waals surface area contributed by atoms with Crippen molar-refractivity contribution < 1.29 is 24.2 Å². The molecule has 188 valence electrons. The van der Waals surface area contributed by atoms with Gasteiger partial charge in [-0.05, 0) is 38.6 Å². The van der Waals surface area contributed by atoms with Gasteiger partial charge in [0.15, 0.2) is 0 Å². The Bertz CT molecular complexity index is 374. The molecule has 1 saturated carbocycles. The Morgan fingerprint density at radius 2 is 1.65 bits per heavy atom. The molecule has 1 fully saturated rings. The largest absolute Gasteiger partial charge is 0.480 e. The third kappa shape index (κ3) is 33.2. The lowest BCUT2D eigenvalue weighted by Crippen LogP contribution is -2.44. The lowest BCUT2D eigenvalue weighted by atomic mass is 9.91. The number of carboxylic acids is 1. The van der Waals surface area contributed by atoms with Gasteiger partial charge in [0.25, 0.3) is 0 Å². The second kappa shape index (κ2) is 33.0. The first-order chi connectivity index (χ1) is 14.9. The van der Waals surface area contributed by atoms with Crippen LogP contribution in [0.25, 0.3) is 0 Å². The van der Waals surface area contributed by atoms with Crippen LogP contribution >= 0.6 is 0 Å². The normalized spacial score (nSPS) is 13.0. The molecule has 0 spiro atoms. The van der Waals surface area contributed by atoms with Crippen molar-refractivity contribution in [3.63, 3.8) is 0 Å². The van der Waals surface area contributed by atoms with Crippen LogP contribution in [0.1, 0.15) is 92.9 Å². The van der Waals surface area contributed by atoms with Crippen molar-refractivity contribution in [3.8, 4) is 0 Å². The van der Waals surface area contributed by atoms with Crippen molar-refractivity contribution in [2.24, 2.45) is 11.7 Å². The van der Waals surface area contributed by atoms with E-state index in [0.717, 1.165) is 12.5 Å². The second-order valence-corrected chi connectivity index (χ2v) is 6.56. The number of nitrogens with one attached hydrogen (secondary N) is 2. The van der Waals surface area contributed by atoms with Crippen LogP contribution in [0.2, 0.25) is 0 Å². The van der Waals surface area contributed by atoms with E-state index < -0.39 is 17.9 Å². The number of carboxylic acid groups (broad SMARTS) is 1. The molecule has 2 amide bonds. The van der Waals surface area contributed by atoms with Gasteiger partial charge in [0, 0.05) is 13.7 Å². The van der Waals surface area contributed by atoms with E-state index >= 15 is 0 Å². The predicted molar refractivity (Wildman–Crippen MR) is 129 cm³/mol. The van der Waals surface area contributed by atoms with Gasteiger partial charge >= 0.3 is 5.97 Å². The average Bonchev–Trinajstić information content (AvgIpc) is 2.80. The van der Waals surface area contributed by atoms with E-state index in [1.165, 1.54) is 32.1 Å². The van der Waals surface area contributed by atoms with E-state index in [4.69, 9.17) is 10.8 Å². The van der Waals surface area contributed by atoms with Crippen molar-refractivity contribution in [3.05, 3.63) is 0 Å². The molecule has 31 heavy (non-hydrogen) atoms. The van der Waals surface area contributed by atoms with Gasteiger partial charge in [0.2, 0.25) is 12.3 Å². The summed E-state index contributed by atoms with van der Waals surface area (Å²) in [5.74, 6) is -0.572. The first kappa shape index (κ1) is 36.7. The Morgan fingerprint density at radius 1 is 1.13 bits per heavy atom. The molecule has 1 atom stereocenters. The van der Waals surface area contributed by atoms with Crippen LogP contribution in [0, 0.1) is 5.92 Å². The number of nitrogens with two attached hydrogens (primary N) is 1. The highest BCUT2D eigenvalue weighted by Gasteiger charge is 2.18. The molecule has 0 saturated heterocycles. The third-order valence-electron chi connectivity index (χ3n) is 4.11. The summed E-state index contributed by atoms with van der Waals surface area (Å²) >= 11 is 0. The van der Waals surface area contributed by atoms with E-state index in [0.29, 0.717) is 32.2 Å². The summed E-state index contributed by atoms with van der Waals surface area (Å²) in [6, 6.07) is -0.924. The summed E-state index contributed by atoms with van der Waals surface area (Å²) in [5.41, 5.74) is 5.27. The molecular weight excluding hydrogens is 398 g/mol. The fraction of sp³-hybridized carbons (Fsp3) is 0.870. The minimum absolute atomic E-state index is 0.218. The van der Waals surface area contributed by atoms with Crippen molar-refractivity contribution >= 4 is 18.3 Å². The number of ether oxygens (including phenoxy) is 1. The smallest absolute Gasteiger partial charge is 0.326 e. The van der Waals surface area contributed by atoms with Crippen LogP contribution < -0.4 is 16.4 Å². The molecule has 1 aliphatic rings. The number of hydrogen-bond acceptors (Lipinski definition) is 5. The van der Waals surface area contributed by atoms with Crippen molar-refractivity contribution in [1.82, 2.24) is 10.6 Å². The summed E-state index contributed by atoms with van der Waals surface area (Å²) in [6.45, 7) is 13.4. The number of rotatable bonds is 10. The van der Waals surface area contributed by atoms with E-state index in [9.17, 15) is 14.4 Å². The highest BCUT2D eigenvalue weighted by Crippen LogP contribution is 2.22. The molecule has 0 aliphatic heterocycles. The van der Waals surface area contributed by atoms with Crippen LogP contribution in [0.15, 0.2) is 0 Å². The Labute approximate surface area is 191 Å². The van der Waals surface area contributed by atoms with Gasteiger partial charge in [-0.3, -0.25) is 9.59 Å². The molecule has 8 heteroatoms. The number of carbonyl (C=O) groups excluding carboxylic acids is 2. The Hall–Kier alpha value is -1.67. The zero-order valence-corrected chi connectivity index (χ0v) is 21.2. The summed E-state index contributed by atoms with van der Waals surface area (Å²) < 4.78 is 4.54. The van der Waals surface area contributed by atoms with E-state index in [-0.39, 0.29) is 6.54 Å². The number of amides is 2. The van der Waals surface area contributed by atoms with Crippen LogP contribution in [-0.2, 0) is 19.1 Å². The van der Waals surface area contributed by atoms with E-state index in [1.807, 2.05) is 34.6 Å². The molecule has 0 radical (unpaired) electrons.